The number of pyridine rings is 1. The lowest BCUT2D eigenvalue weighted by Crippen LogP contribution is -2.12. The lowest BCUT2D eigenvalue weighted by atomic mass is 10.1. The Bertz CT molecular complexity index is 1100. The van der Waals surface area contributed by atoms with Crippen LogP contribution in [-0.2, 0) is 6.61 Å². The van der Waals surface area contributed by atoms with Crippen LogP contribution in [0.15, 0.2) is 85.1 Å². The largest absolute Gasteiger partial charge is 0.488 e. The number of ether oxygens (including phenoxy) is 1. The Morgan fingerprint density at radius 3 is 2.50 bits per heavy atom. The number of carbonyl (C=O) groups is 1. The first kappa shape index (κ1) is 18.0. The van der Waals surface area contributed by atoms with Crippen molar-refractivity contribution in [2.75, 3.05) is 5.32 Å². The monoisotopic (exact) mass is 388 g/mol. The van der Waals surface area contributed by atoms with E-state index in [1.54, 1.807) is 24.3 Å². The number of benzene rings is 3. The Kier molecular flexibility index (Phi) is 5.22. The third-order valence-electron chi connectivity index (χ3n) is 4.33. The number of halogens is 1. The van der Waals surface area contributed by atoms with Crippen molar-refractivity contribution in [3.8, 4) is 5.75 Å². The molecule has 0 aliphatic heterocycles. The highest BCUT2D eigenvalue weighted by Gasteiger charge is 2.07. The fourth-order valence-corrected chi connectivity index (χ4v) is 2.99. The lowest BCUT2D eigenvalue weighted by molar-refractivity contribution is 0.102. The number of rotatable bonds is 5. The first-order chi connectivity index (χ1) is 13.7. The van der Waals surface area contributed by atoms with E-state index in [-0.39, 0.29) is 5.91 Å². The maximum absolute atomic E-state index is 12.3. The molecule has 0 aliphatic carbocycles. The number of nitrogens with one attached hydrogen (secondary N) is 1. The van der Waals surface area contributed by atoms with Gasteiger partial charge in [-0.05, 0) is 41.3 Å². The van der Waals surface area contributed by atoms with Gasteiger partial charge in [-0.3, -0.25) is 4.79 Å². The summed E-state index contributed by atoms with van der Waals surface area (Å²) < 4.78 is 5.99. The van der Waals surface area contributed by atoms with Crippen molar-refractivity contribution in [1.82, 2.24) is 4.98 Å². The summed E-state index contributed by atoms with van der Waals surface area (Å²) in [5.41, 5.74) is 1.53. The maximum Gasteiger partial charge on any atom is 0.256 e. The van der Waals surface area contributed by atoms with Crippen LogP contribution in [0.3, 0.4) is 0 Å². The van der Waals surface area contributed by atoms with Crippen molar-refractivity contribution in [2.45, 2.75) is 6.61 Å². The molecule has 0 saturated heterocycles. The second kappa shape index (κ2) is 8.11. The number of hydrogen-bond donors (Lipinski definition) is 1. The molecule has 0 aliphatic rings. The zero-order valence-corrected chi connectivity index (χ0v) is 15.7. The van der Waals surface area contributed by atoms with E-state index >= 15 is 0 Å². The number of anilines is 1. The molecule has 0 radical (unpaired) electrons. The van der Waals surface area contributed by atoms with E-state index in [1.165, 1.54) is 6.20 Å². The smallest absolute Gasteiger partial charge is 0.256 e. The summed E-state index contributed by atoms with van der Waals surface area (Å²) in [6.45, 7) is 0.425. The van der Waals surface area contributed by atoms with E-state index in [0.29, 0.717) is 23.0 Å². The first-order valence-electron chi connectivity index (χ1n) is 8.81. The number of hydrogen-bond acceptors (Lipinski definition) is 3. The summed E-state index contributed by atoms with van der Waals surface area (Å²) in [4.78, 5) is 16.4. The van der Waals surface area contributed by atoms with Gasteiger partial charge in [0.15, 0.2) is 0 Å². The second-order valence-electron chi connectivity index (χ2n) is 6.28. The summed E-state index contributed by atoms with van der Waals surface area (Å²) in [7, 11) is 0. The number of amides is 1. The summed E-state index contributed by atoms with van der Waals surface area (Å²) in [6.07, 6.45) is 1.49. The van der Waals surface area contributed by atoms with E-state index in [2.05, 4.69) is 22.4 Å². The molecule has 4 aromatic rings. The third kappa shape index (κ3) is 4.13. The van der Waals surface area contributed by atoms with Crippen molar-refractivity contribution in [3.63, 3.8) is 0 Å². The quantitative estimate of drug-likeness (QED) is 0.475. The molecule has 138 valence electrons. The highest BCUT2D eigenvalue weighted by molar-refractivity contribution is 6.30. The highest BCUT2D eigenvalue weighted by Crippen LogP contribution is 2.26. The molecule has 0 bridgehead atoms. The van der Waals surface area contributed by atoms with Crippen molar-refractivity contribution >= 4 is 34.1 Å². The van der Waals surface area contributed by atoms with Crippen LogP contribution in [0.4, 0.5) is 5.82 Å². The predicted octanol–water partition coefficient (Wildman–Crippen LogP) is 5.72. The average Bonchev–Trinajstić information content (AvgIpc) is 2.74. The first-order valence-corrected chi connectivity index (χ1v) is 9.19. The van der Waals surface area contributed by atoms with Gasteiger partial charge < -0.3 is 10.1 Å². The molecule has 28 heavy (non-hydrogen) atoms. The fourth-order valence-electron chi connectivity index (χ4n) is 2.87. The minimum Gasteiger partial charge on any atom is -0.488 e. The number of fused-ring (bicyclic) bond motifs is 1. The summed E-state index contributed by atoms with van der Waals surface area (Å²) in [5, 5.41) is 5.49. The molecule has 0 saturated carbocycles. The minimum atomic E-state index is -0.226. The van der Waals surface area contributed by atoms with E-state index in [1.807, 2.05) is 42.5 Å². The number of carbonyl (C=O) groups excluding carboxylic acids is 1. The van der Waals surface area contributed by atoms with Crippen LogP contribution in [0.1, 0.15) is 15.9 Å². The molecule has 0 atom stereocenters. The lowest BCUT2D eigenvalue weighted by Gasteiger charge is -2.10. The zero-order valence-electron chi connectivity index (χ0n) is 14.9. The van der Waals surface area contributed by atoms with Gasteiger partial charge in [0.25, 0.3) is 5.91 Å². The van der Waals surface area contributed by atoms with Gasteiger partial charge in [0.2, 0.25) is 0 Å². The molecule has 0 unspecified atom stereocenters. The molecule has 0 spiro atoms. The molecule has 1 amide bonds. The van der Waals surface area contributed by atoms with Crippen LogP contribution >= 0.6 is 11.6 Å². The molecule has 1 aromatic heterocycles. The predicted molar refractivity (Wildman–Crippen MR) is 112 cm³/mol. The molecule has 1 N–H and O–H groups in total. The summed E-state index contributed by atoms with van der Waals surface area (Å²) in [6, 6.07) is 24.8. The van der Waals surface area contributed by atoms with Gasteiger partial charge in [-0.25, -0.2) is 4.98 Å². The van der Waals surface area contributed by atoms with Gasteiger partial charge >= 0.3 is 0 Å². The molecular formula is C23H17ClN2O2. The summed E-state index contributed by atoms with van der Waals surface area (Å²) >= 11 is 5.80. The normalized spacial score (nSPS) is 10.6. The van der Waals surface area contributed by atoms with Crippen LogP contribution in [-0.4, -0.2) is 10.9 Å². The molecule has 4 nitrogen and oxygen atoms in total. The van der Waals surface area contributed by atoms with Gasteiger partial charge in [-0.2, -0.15) is 0 Å². The molecule has 3 aromatic carbocycles. The highest BCUT2D eigenvalue weighted by atomic mass is 35.5. The van der Waals surface area contributed by atoms with Gasteiger partial charge in [0, 0.05) is 17.1 Å². The topological polar surface area (TPSA) is 51.2 Å². The van der Waals surface area contributed by atoms with E-state index in [4.69, 9.17) is 16.3 Å². The maximum atomic E-state index is 12.3. The van der Waals surface area contributed by atoms with Crippen LogP contribution in [0, 0.1) is 0 Å². The zero-order chi connectivity index (χ0) is 19.3. The Labute approximate surface area is 167 Å². The van der Waals surface area contributed by atoms with Crippen molar-refractivity contribution in [3.05, 3.63) is 101 Å². The van der Waals surface area contributed by atoms with Gasteiger partial charge in [-0.1, -0.05) is 60.1 Å². The average molecular weight is 389 g/mol. The standard InChI is InChI=1S/C23H17ClN2O2/c24-19-12-13-22(25-14-19)26-23(27)18-10-8-16(9-11-18)15-28-21-7-3-5-17-4-1-2-6-20(17)21/h1-14H,15H2,(H,25,26,27). The van der Waals surface area contributed by atoms with Crippen LogP contribution in [0.5, 0.6) is 5.75 Å². The van der Waals surface area contributed by atoms with Gasteiger partial charge in [0.1, 0.15) is 18.2 Å². The second-order valence-corrected chi connectivity index (χ2v) is 6.72. The SMILES string of the molecule is O=C(Nc1ccc(Cl)cn1)c1ccc(COc2cccc3ccccc23)cc1. The Morgan fingerprint density at radius 1 is 0.929 bits per heavy atom. The van der Waals surface area contributed by atoms with Crippen molar-refractivity contribution in [2.24, 2.45) is 0 Å². The van der Waals surface area contributed by atoms with Crippen LogP contribution in [0.25, 0.3) is 10.8 Å². The molecular weight excluding hydrogens is 372 g/mol. The number of nitrogens with zero attached hydrogens (tertiary/aromatic N) is 1. The molecule has 1 heterocycles. The van der Waals surface area contributed by atoms with Gasteiger partial charge in [0.05, 0.1) is 5.02 Å². The Morgan fingerprint density at radius 2 is 1.71 bits per heavy atom. The third-order valence-corrected chi connectivity index (χ3v) is 4.55. The number of aromatic nitrogens is 1. The van der Waals surface area contributed by atoms with Crippen molar-refractivity contribution < 1.29 is 9.53 Å². The van der Waals surface area contributed by atoms with Crippen molar-refractivity contribution in [1.29, 1.82) is 0 Å². The van der Waals surface area contributed by atoms with Gasteiger partial charge in [-0.15, -0.1) is 0 Å². The molecule has 5 heteroatoms. The minimum absolute atomic E-state index is 0.226. The van der Waals surface area contributed by atoms with E-state index < -0.39 is 0 Å². The Hall–Kier alpha value is -3.37. The molecule has 0 fully saturated rings. The summed E-state index contributed by atoms with van der Waals surface area (Å²) in [5.74, 6) is 1.07. The van der Waals surface area contributed by atoms with E-state index in [9.17, 15) is 4.79 Å². The van der Waals surface area contributed by atoms with Crippen LogP contribution in [0.2, 0.25) is 5.02 Å². The van der Waals surface area contributed by atoms with Crippen LogP contribution < -0.4 is 10.1 Å². The molecule has 4 rings (SSSR count). The van der Waals surface area contributed by atoms with E-state index in [0.717, 1.165) is 22.1 Å². The fraction of sp³-hybridized carbons (Fsp3) is 0.0435. The Balaban J connectivity index is 1.41.